The first-order valence-corrected chi connectivity index (χ1v) is 18.0. The summed E-state index contributed by atoms with van der Waals surface area (Å²) in [4.78, 5) is 14.2. The fourth-order valence-corrected chi connectivity index (χ4v) is 5.93. The minimum Gasteiger partial charge on any atom is -0.382 e. The predicted octanol–water partition coefficient (Wildman–Crippen LogP) is 8.07. The molecule has 2 aromatic heterocycles. The molecule has 10 nitrogen and oxygen atoms in total. The van der Waals surface area contributed by atoms with E-state index in [1.54, 1.807) is 4.52 Å². The van der Waals surface area contributed by atoms with Gasteiger partial charge in [-0.1, -0.05) is 103 Å². The number of nitriles is 1. The maximum Gasteiger partial charge on any atom is 0.329 e. The van der Waals surface area contributed by atoms with Crippen LogP contribution in [0.1, 0.15) is 128 Å². The molecule has 11 heteroatoms. The number of nitrogens with zero attached hydrogens (tertiary/aromatic N) is 4. The van der Waals surface area contributed by atoms with Gasteiger partial charge in [0.1, 0.15) is 17.9 Å². The topological polar surface area (TPSA) is 137 Å². The van der Waals surface area contributed by atoms with Gasteiger partial charge < -0.3 is 29.1 Å². The fraction of sp³-hybridized carbons (Fsp3) is 0.788. The second-order valence-corrected chi connectivity index (χ2v) is 12.7. The van der Waals surface area contributed by atoms with Crippen molar-refractivity contribution in [1.29, 1.82) is 5.26 Å². The molecule has 0 bridgehead atoms. The second-order valence-electron chi connectivity index (χ2n) is 11.7. The number of nitrogen functional groups attached to an aromatic ring is 1. The monoisotopic (exact) mass is 635 g/mol. The van der Waals surface area contributed by atoms with Gasteiger partial charge in [-0.25, -0.2) is 9.50 Å². The zero-order valence-electron chi connectivity index (χ0n) is 27.4. The Morgan fingerprint density at radius 1 is 0.864 bits per heavy atom. The maximum atomic E-state index is 10.2. The molecule has 0 aliphatic carbocycles. The van der Waals surface area contributed by atoms with Gasteiger partial charge in [-0.3, -0.25) is 0 Å². The van der Waals surface area contributed by atoms with Crippen LogP contribution in [0, 0.1) is 11.3 Å². The second kappa shape index (κ2) is 24.4. The average Bonchev–Trinajstić information content (AvgIpc) is 3.46. The van der Waals surface area contributed by atoms with Crippen molar-refractivity contribution in [3.8, 4) is 6.07 Å². The zero-order valence-corrected chi connectivity index (χ0v) is 28.3. The molecule has 2 unspecified atom stereocenters. The van der Waals surface area contributed by atoms with Gasteiger partial charge in [0.15, 0.2) is 11.4 Å². The molecular formula is C33H58N5O5P. The molecule has 0 aliphatic rings. The van der Waals surface area contributed by atoms with E-state index in [0.29, 0.717) is 43.8 Å². The van der Waals surface area contributed by atoms with Gasteiger partial charge in [-0.2, -0.15) is 10.4 Å². The number of fused-ring (bicyclic) bond motifs is 1. The maximum absolute atomic E-state index is 10.2. The van der Waals surface area contributed by atoms with Crippen molar-refractivity contribution < 1.29 is 23.4 Å². The lowest BCUT2D eigenvalue weighted by atomic mass is 9.99. The lowest BCUT2D eigenvalue weighted by Crippen LogP contribution is -2.35. The summed E-state index contributed by atoms with van der Waals surface area (Å²) in [7, 11) is -0.662. The Bertz CT molecular complexity index is 1040. The smallest absolute Gasteiger partial charge is 0.329 e. The van der Waals surface area contributed by atoms with Gasteiger partial charge in [0.05, 0.1) is 13.2 Å². The number of rotatable bonds is 29. The van der Waals surface area contributed by atoms with Crippen molar-refractivity contribution in [1.82, 2.24) is 14.6 Å². The third kappa shape index (κ3) is 15.9. The van der Waals surface area contributed by atoms with E-state index in [-0.39, 0.29) is 6.61 Å². The van der Waals surface area contributed by atoms with Crippen LogP contribution in [0.2, 0.25) is 0 Å². The highest BCUT2D eigenvalue weighted by Gasteiger charge is 2.32. The summed E-state index contributed by atoms with van der Waals surface area (Å²) in [5.74, 6) is 0.390. The van der Waals surface area contributed by atoms with E-state index in [9.17, 15) is 10.2 Å². The van der Waals surface area contributed by atoms with Gasteiger partial charge >= 0.3 is 8.60 Å². The summed E-state index contributed by atoms with van der Waals surface area (Å²) in [6.45, 7) is 3.84. The molecule has 2 heterocycles. The number of nitrogens with two attached hydrogens (primary N) is 1. The Balaban J connectivity index is 1.40. The summed E-state index contributed by atoms with van der Waals surface area (Å²) >= 11 is 0. The fourth-order valence-electron chi connectivity index (χ4n) is 5.25. The Hall–Kier alpha value is -1.86. The molecule has 0 amide bonds. The van der Waals surface area contributed by atoms with E-state index in [1.807, 2.05) is 12.1 Å². The van der Waals surface area contributed by atoms with Crippen LogP contribution in [-0.2, 0) is 24.9 Å². The van der Waals surface area contributed by atoms with Crippen LogP contribution in [0.5, 0.6) is 0 Å². The Morgan fingerprint density at radius 3 is 2.05 bits per heavy atom. The highest BCUT2D eigenvalue weighted by Crippen LogP contribution is 2.35. The number of ether oxygens (including phenoxy) is 2. The Labute approximate surface area is 267 Å². The molecule has 0 aliphatic heterocycles. The van der Waals surface area contributed by atoms with Gasteiger partial charge in [0, 0.05) is 26.0 Å². The van der Waals surface area contributed by atoms with Crippen molar-refractivity contribution in [2.45, 2.75) is 135 Å². The predicted molar refractivity (Wildman–Crippen MR) is 177 cm³/mol. The van der Waals surface area contributed by atoms with Gasteiger partial charge in [-0.05, 0) is 37.8 Å². The highest BCUT2D eigenvalue weighted by molar-refractivity contribution is 7.40. The van der Waals surface area contributed by atoms with E-state index in [0.717, 1.165) is 18.7 Å². The summed E-state index contributed by atoms with van der Waals surface area (Å²) in [6.07, 6.45) is 24.6. The number of anilines is 1. The molecular weight excluding hydrogens is 577 g/mol. The van der Waals surface area contributed by atoms with Gasteiger partial charge in [-0.15, -0.1) is 0 Å². The Kier molecular flexibility index (Phi) is 21.2. The standard InChI is InChI=1S/C33H58N5O5P/c1-3-4-5-6-7-8-9-10-11-12-13-14-15-16-17-18-24-41-25-19-26-42-44(39)43-28-33(27-34,40-2)23-22-30-20-21-31-32(35)36-29-37-38(30)31/h20-21,29,39H,3-19,22-26,28H2,1-2H3,(H2,35,36,37). The first-order chi connectivity index (χ1) is 21.5. The first-order valence-electron chi connectivity index (χ1n) is 16.9. The van der Waals surface area contributed by atoms with Crippen molar-refractivity contribution >= 4 is 19.9 Å². The minimum absolute atomic E-state index is 0.113. The van der Waals surface area contributed by atoms with Crippen LogP contribution in [0.4, 0.5) is 5.82 Å². The van der Waals surface area contributed by atoms with E-state index in [1.165, 1.54) is 110 Å². The van der Waals surface area contributed by atoms with Crippen LogP contribution in [-0.4, -0.2) is 58.6 Å². The number of hydrogen-bond acceptors (Lipinski definition) is 9. The third-order valence-corrected chi connectivity index (χ3v) is 8.88. The molecule has 0 fully saturated rings. The quantitative estimate of drug-likeness (QED) is 0.0671. The molecule has 0 saturated heterocycles. The van der Waals surface area contributed by atoms with Crippen molar-refractivity contribution in [2.24, 2.45) is 0 Å². The largest absolute Gasteiger partial charge is 0.382 e. The number of aromatic nitrogens is 3. The molecule has 2 rings (SSSR count). The van der Waals surface area contributed by atoms with Crippen LogP contribution >= 0.6 is 8.60 Å². The summed E-state index contributed by atoms with van der Waals surface area (Å²) in [5.41, 5.74) is 6.25. The SMILES string of the molecule is CCCCCCCCCCCCCCCCCCOCCCOP(O)OCC(C#N)(CCc1ccc2c(N)ncnn12)OC. The lowest BCUT2D eigenvalue weighted by Gasteiger charge is -2.25. The molecule has 0 radical (unpaired) electrons. The van der Waals surface area contributed by atoms with Crippen LogP contribution < -0.4 is 5.73 Å². The van der Waals surface area contributed by atoms with Gasteiger partial charge in [0.2, 0.25) is 0 Å². The number of hydrogen-bond donors (Lipinski definition) is 2. The van der Waals surface area contributed by atoms with Crippen molar-refractivity contribution in [3.05, 3.63) is 24.2 Å². The molecule has 3 N–H and O–H groups in total. The van der Waals surface area contributed by atoms with Crippen LogP contribution in [0.25, 0.3) is 5.52 Å². The third-order valence-electron chi connectivity index (χ3n) is 8.12. The van der Waals surface area contributed by atoms with Crippen LogP contribution in [0.3, 0.4) is 0 Å². The minimum atomic E-state index is -2.12. The van der Waals surface area contributed by atoms with E-state index < -0.39 is 14.2 Å². The normalized spacial score (nSPS) is 13.7. The lowest BCUT2D eigenvalue weighted by molar-refractivity contribution is -0.0110. The van der Waals surface area contributed by atoms with E-state index >= 15 is 0 Å². The summed E-state index contributed by atoms with van der Waals surface area (Å²) in [6, 6.07) is 5.92. The molecule has 2 atom stereocenters. The Morgan fingerprint density at radius 2 is 1.45 bits per heavy atom. The molecule has 0 saturated carbocycles. The average molecular weight is 636 g/mol. The van der Waals surface area contributed by atoms with E-state index in [2.05, 4.69) is 23.1 Å². The molecule has 250 valence electrons. The van der Waals surface area contributed by atoms with Crippen LogP contribution in [0.15, 0.2) is 18.5 Å². The number of aryl methyl sites for hydroxylation is 1. The van der Waals surface area contributed by atoms with Crippen molar-refractivity contribution in [2.75, 3.05) is 39.3 Å². The molecule has 44 heavy (non-hydrogen) atoms. The number of methoxy groups -OCH3 is 1. The molecule has 0 aromatic carbocycles. The summed E-state index contributed by atoms with van der Waals surface area (Å²) < 4.78 is 23.8. The zero-order chi connectivity index (χ0) is 31.7. The highest BCUT2D eigenvalue weighted by atomic mass is 31.2. The van der Waals surface area contributed by atoms with Crippen molar-refractivity contribution in [3.63, 3.8) is 0 Å². The van der Waals surface area contributed by atoms with Gasteiger partial charge in [0.25, 0.3) is 0 Å². The molecule has 0 spiro atoms. The van der Waals surface area contributed by atoms with E-state index in [4.69, 9.17) is 24.3 Å². The number of unbranched alkanes of at least 4 members (excludes halogenated alkanes) is 15. The summed E-state index contributed by atoms with van der Waals surface area (Å²) in [5, 5.41) is 14.0. The first kappa shape index (κ1) is 38.3. The molecule has 2 aromatic rings.